The summed E-state index contributed by atoms with van der Waals surface area (Å²) in [6.07, 6.45) is 0. The number of rotatable bonds is 1. The third-order valence-electron chi connectivity index (χ3n) is 0.826. The Morgan fingerprint density at radius 3 is 2.14 bits per heavy atom. The first-order valence-electron chi connectivity index (χ1n) is 2.10. The summed E-state index contributed by atoms with van der Waals surface area (Å²) in [5.41, 5.74) is 2.38. The van der Waals surface area contributed by atoms with E-state index >= 15 is 0 Å². The number of hydrogen-bond acceptors (Lipinski definition) is 0. The van der Waals surface area contributed by atoms with Gasteiger partial charge in [-0.1, -0.05) is 0 Å². The molecule has 49 valence electrons. The molecule has 0 N–H and O–H groups in total. The van der Waals surface area contributed by atoms with Crippen molar-refractivity contribution in [3.63, 3.8) is 0 Å². The van der Waals surface area contributed by atoms with Crippen LogP contribution in [-0.2, 0) is 18.3 Å². The average Bonchev–Trinajstić information content (AvgIpc) is 1.65. The Morgan fingerprint density at radius 2 is 2.14 bits per heavy atom. The molecule has 0 bridgehead atoms. The van der Waals surface area contributed by atoms with Crippen molar-refractivity contribution in [2.45, 2.75) is 13.8 Å². The molecule has 0 saturated carbocycles. The van der Waals surface area contributed by atoms with E-state index in [1.54, 1.807) is 0 Å². The van der Waals surface area contributed by atoms with Crippen molar-refractivity contribution >= 4 is 0 Å². The Labute approximate surface area is 60.9 Å². The molecule has 0 saturated heterocycles. The summed E-state index contributed by atoms with van der Waals surface area (Å²) >= 11 is 2.46. The van der Waals surface area contributed by atoms with Gasteiger partial charge in [-0.25, -0.2) is 0 Å². The molecule has 0 unspecified atom stereocenters. The Hall–Kier alpha value is 0.103. The summed E-state index contributed by atoms with van der Waals surface area (Å²) in [6, 6.07) is 0. The molecule has 0 aliphatic carbocycles. The van der Waals surface area contributed by atoms with Crippen molar-refractivity contribution in [1.29, 1.82) is 0 Å². The van der Waals surface area contributed by atoms with Crippen LogP contribution in [0, 0.1) is 0 Å². The van der Waals surface area contributed by atoms with Gasteiger partial charge in [0.25, 0.3) is 0 Å². The molecule has 0 atom stereocenters. The van der Waals surface area contributed by atoms with Crippen LogP contribution in [0.4, 0.5) is 0 Å². The average molecular weight is 186 g/mol. The quantitative estimate of drug-likeness (QED) is 0.436. The minimum absolute atomic E-state index is 0. The normalized spacial score (nSPS) is 11.6. The van der Waals surface area contributed by atoms with Crippen molar-refractivity contribution in [2.75, 3.05) is 0 Å². The van der Waals surface area contributed by atoms with Crippen LogP contribution in [0.5, 0.6) is 0 Å². The summed E-state index contributed by atoms with van der Waals surface area (Å²) in [7, 11) is 0. The third kappa shape index (κ3) is 2.76. The number of hydrogen-bond donors (Lipinski definition) is 0. The van der Waals surface area contributed by atoms with E-state index in [1.807, 2.05) is 18.5 Å². The molecule has 0 fully saturated rings. The fourth-order valence-corrected chi connectivity index (χ4v) is 0.515. The monoisotopic (exact) mass is 187 g/mol. The molecule has 0 aromatic rings. The van der Waals surface area contributed by atoms with Crippen molar-refractivity contribution in [3.05, 3.63) is 22.4 Å². The molecule has 0 heterocycles. The second kappa shape index (κ2) is 3.15. The van der Waals surface area contributed by atoms with Gasteiger partial charge >= 0.3 is 54.5 Å². The molecule has 0 rings (SSSR count). The molecule has 0 aliphatic rings. The second-order valence-corrected chi connectivity index (χ2v) is 2.07. The van der Waals surface area contributed by atoms with Gasteiger partial charge < -0.3 is 5.71 Å². The molecule has 7 heavy (non-hydrogen) atoms. The minimum atomic E-state index is 0. The third-order valence-corrected chi connectivity index (χ3v) is 1.58. The van der Waals surface area contributed by atoms with Crippen molar-refractivity contribution < 1.29 is 24.0 Å². The van der Waals surface area contributed by atoms with Gasteiger partial charge in [0.1, 0.15) is 0 Å². The van der Waals surface area contributed by atoms with E-state index in [1.165, 1.54) is 5.57 Å². The zero-order chi connectivity index (χ0) is 5.86. The molecule has 1 heteroatoms. The van der Waals surface area contributed by atoms with E-state index in [-0.39, 0.29) is 5.71 Å². The van der Waals surface area contributed by atoms with Crippen molar-refractivity contribution in [2.24, 2.45) is 0 Å². The van der Waals surface area contributed by atoms with Crippen molar-refractivity contribution in [1.82, 2.24) is 0 Å². The predicted molar refractivity (Wildman–Crippen MR) is 33.0 cm³/mol. The van der Waals surface area contributed by atoms with E-state index in [2.05, 4.69) is 24.9 Å². The Bertz CT molecular complexity index is 111. The first kappa shape index (κ1) is 7.10. The molecule has 0 radical (unpaired) electrons. The first-order valence-corrected chi connectivity index (χ1v) is 3.10. The second-order valence-electron chi connectivity index (χ2n) is 1.57. The maximum Gasteiger partial charge on any atom is -1.00 e. The summed E-state index contributed by atoms with van der Waals surface area (Å²) in [4.78, 5) is 0. The van der Waals surface area contributed by atoms with E-state index < -0.39 is 0 Å². The maximum atomic E-state index is 3.75. The number of allylic oxidation sites excluding steroid dienone is 2. The Balaban J connectivity index is -0.0000000300. The summed E-state index contributed by atoms with van der Waals surface area (Å²) < 4.78 is 1.99. The molecule has 0 nitrogen and oxygen atoms in total. The maximum absolute atomic E-state index is 3.75. The van der Waals surface area contributed by atoms with E-state index in [0.717, 1.165) is 5.57 Å². The predicted octanol–water partition coefficient (Wildman–Crippen LogP) is 2.46. The van der Waals surface area contributed by atoms with Gasteiger partial charge in [0, 0.05) is 0 Å². The van der Waals surface area contributed by atoms with Crippen LogP contribution >= 0.6 is 0 Å². The van der Waals surface area contributed by atoms with Crippen LogP contribution in [0.3, 0.4) is 0 Å². The fourth-order valence-electron chi connectivity index (χ4n) is 0.0871. The van der Waals surface area contributed by atoms with Gasteiger partial charge in [0.15, 0.2) is 0 Å². The summed E-state index contributed by atoms with van der Waals surface area (Å²) in [5, 5.41) is 0. The molecular formula is C6H13Ru-4. The van der Waals surface area contributed by atoms with Crippen molar-refractivity contribution in [3.8, 4) is 0 Å². The van der Waals surface area contributed by atoms with Gasteiger partial charge in [-0.15, -0.1) is 0 Å². The summed E-state index contributed by atoms with van der Waals surface area (Å²) in [6.45, 7) is 7.78. The first-order chi connectivity index (χ1) is 3.18. The SMILES string of the molecule is C=C(C)C(C)=[CH][Ru].[H-].[H-].[H-].[H-]. The molecule has 0 aliphatic heterocycles. The van der Waals surface area contributed by atoms with Crippen LogP contribution in [0.25, 0.3) is 0 Å². The van der Waals surface area contributed by atoms with E-state index in [9.17, 15) is 0 Å². The molecule has 0 amide bonds. The van der Waals surface area contributed by atoms with E-state index in [0.29, 0.717) is 0 Å². The van der Waals surface area contributed by atoms with Gasteiger partial charge in [-0.05, 0) is 0 Å². The molecule has 0 aromatic heterocycles. The molecule has 0 aromatic carbocycles. The topological polar surface area (TPSA) is 0 Å². The van der Waals surface area contributed by atoms with Crippen LogP contribution in [0.1, 0.15) is 19.6 Å². The van der Waals surface area contributed by atoms with Gasteiger partial charge in [-0.3, -0.25) is 0 Å². The van der Waals surface area contributed by atoms with Gasteiger partial charge in [-0.2, -0.15) is 0 Å². The zero-order valence-electron chi connectivity index (χ0n) is 8.64. The van der Waals surface area contributed by atoms with Crippen LogP contribution in [-0.4, -0.2) is 0 Å². The fraction of sp³-hybridized carbons (Fsp3) is 0.333. The van der Waals surface area contributed by atoms with Crippen LogP contribution < -0.4 is 0 Å². The molecular weight excluding hydrogens is 173 g/mol. The van der Waals surface area contributed by atoms with Crippen LogP contribution in [0.15, 0.2) is 22.4 Å². The van der Waals surface area contributed by atoms with Crippen LogP contribution in [0.2, 0.25) is 0 Å². The Kier molecular flexibility index (Phi) is 3.20. The molecule has 0 spiro atoms. The minimum Gasteiger partial charge on any atom is -1.00 e. The largest absolute Gasteiger partial charge is 1.00 e. The Morgan fingerprint density at radius 1 is 1.71 bits per heavy atom. The summed E-state index contributed by atoms with van der Waals surface area (Å²) in [5.74, 6) is 0. The van der Waals surface area contributed by atoms with Gasteiger partial charge in [0.05, 0.1) is 0 Å². The van der Waals surface area contributed by atoms with Gasteiger partial charge in [0.2, 0.25) is 0 Å². The standard InChI is InChI=1S/C6H9.Ru.4H/c1-5(2)6(3)4;;;;;/h1H,3H2,2,4H3;;;;;/q;;4*-1. The smallest absolute Gasteiger partial charge is 1.00 e. The zero-order valence-corrected chi connectivity index (χ0v) is 6.38. The van der Waals surface area contributed by atoms with E-state index in [4.69, 9.17) is 0 Å².